The Labute approximate surface area is 141 Å². The van der Waals surface area contributed by atoms with E-state index in [-0.39, 0.29) is 11.8 Å². The molecule has 6 heteroatoms. The minimum atomic E-state index is -1.31. The van der Waals surface area contributed by atoms with E-state index in [1.165, 1.54) is 0 Å². The minimum Gasteiger partial charge on any atom is -0.479 e. The lowest BCUT2D eigenvalue weighted by Gasteiger charge is -2.42. The van der Waals surface area contributed by atoms with Gasteiger partial charge in [-0.1, -0.05) is 44.7 Å². The van der Waals surface area contributed by atoms with Crippen LogP contribution in [-0.2, 0) is 9.59 Å². The van der Waals surface area contributed by atoms with Gasteiger partial charge in [-0.3, -0.25) is 4.79 Å². The zero-order valence-electron chi connectivity index (χ0n) is 13.4. The third-order valence-corrected chi connectivity index (χ3v) is 4.42. The van der Waals surface area contributed by atoms with Crippen LogP contribution in [0, 0.1) is 5.92 Å². The number of carbonyl (C=O) groups excluding carboxylic acids is 1. The lowest BCUT2D eigenvalue weighted by molar-refractivity contribution is -0.202. The third-order valence-electron chi connectivity index (χ3n) is 4.17. The first kappa shape index (κ1) is 17.6. The van der Waals surface area contributed by atoms with Gasteiger partial charge in [0.2, 0.25) is 0 Å². The maximum Gasteiger partial charge on any atom is 0.333 e. The Morgan fingerprint density at radius 1 is 1.17 bits per heavy atom. The van der Waals surface area contributed by atoms with Crippen LogP contribution in [0.15, 0.2) is 24.3 Å². The number of aliphatic carboxylic acids is 1. The molecule has 0 aliphatic heterocycles. The van der Waals surface area contributed by atoms with E-state index < -0.39 is 11.5 Å². The van der Waals surface area contributed by atoms with Crippen molar-refractivity contribution in [3.8, 4) is 5.75 Å². The van der Waals surface area contributed by atoms with Crippen molar-refractivity contribution in [2.75, 3.05) is 0 Å². The summed E-state index contributed by atoms with van der Waals surface area (Å²) < 4.78 is 0. The predicted octanol–water partition coefficient (Wildman–Crippen LogP) is 3.91. The van der Waals surface area contributed by atoms with E-state index in [9.17, 15) is 14.7 Å². The van der Waals surface area contributed by atoms with Gasteiger partial charge in [0.25, 0.3) is 5.91 Å². The standard InChI is InChI=1S/C17H22ClNO4/c1-12(2)15(20)19(23-14-8-6-13(18)7-9-14)17(16(21)22)10-4-3-5-11-17/h6-9,12H,3-5,10-11H2,1-2H3,(H,21,22). The van der Waals surface area contributed by atoms with Gasteiger partial charge in [-0.05, 0) is 37.1 Å². The highest BCUT2D eigenvalue weighted by atomic mass is 35.5. The van der Waals surface area contributed by atoms with E-state index in [1.54, 1.807) is 38.1 Å². The smallest absolute Gasteiger partial charge is 0.333 e. The molecule has 0 unspecified atom stereocenters. The summed E-state index contributed by atoms with van der Waals surface area (Å²) in [5.74, 6) is -1.31. The Morgan fingerprint density at radius 2 is 1.74 bits per heavy atom. The van der Waals surface area contributed by atoms with E-state index in [1.807, 2.05) is 0 Å². The van der Waals surface area contributed by atoms with Crippen molar-refractivity contribution < 1.29 is 19.5 Å². The quantitative estimate of drug-likeness (QED) is 0.826. The number of carbonyl (C=O) groups is 2. The van der Waals surface area contributed by atoms with Crippen molar-refractivity contribution in [2.45, 2.75) is 51.5 Å². The van der Waals surface area contributed by atoms with Gasteiger partial charge in [0, 0.05) is 10.9 Å². The highest BCUT2D eigenvalue weighted by Gasteiger charge is 2.50. The molecule has 0 heterocycles. The lowest BCUT2D eigenvalue weighted by atomic mass is 9.81. The molecule has 0 aromatic heterocycles. The molecule has 1 aromatic carbocycles. The highest BCUT2D eigenvalue weighted by molar-refractivity contribution is 6.30. The molecule has 1 fully saturated rings. The van der Waals surface area contributed by atoms with Crippen LogP contribution in [0.2, 0.25) is 5.02 Å². The van der Waals surface area contributed by atoms with Crippen LogP contribution in [0.4, 0.5) is 0 Å². The summed E-state index contributed by atoms with van der Waals surface area (Å²) in [6, 6.07) is 6.54. The van der Waals surface area contributed by atoms with Gasteiger partial charge >= 0.3 is 5.97 Å². The Bertz CT molecular complexity index is 564. The fourth-order valence-corrected chi connectivity index (χ4v) is 2.95. The second kappa shape index (κ2) is 7.21. The summed E-state index contributed by atoms with van der Waals surface area (Å²) in [6.07, 6.45) is 3.29. The number of rotatable bonds is 5. The first-order valence-corrected chi connectivity index (χ1v) is 8.25. The van der Waals surface area contributed by atoms with Crippen molar-refractivity contribution in [1.29, 1.82) is 0 Å². The lowest BCUT2D eigenvalue weighted by Crippen LogP contribution is -2.60. The van der Waals surface area contributed by atoms with Gasteiger partial charge in [0.05, 0.1) is 0 Å². The molecule has 1 aromatic rings. The third kappa shape index (κ3) is 3.78. The maximum absolute atomic E-state index is 12.6. The summed E-state index contributed by atoms with van der Waals surface area (Å²) in [7, 11) is 0. The van der Waals surface area contributed by atoms with E-state index in [0.29, 0.717) is 23.6 Å². The molecule has 1 N–H and O–H groups in total. The minimum absolute atomic E-state index is 0.329. The van der Waals surface area contributed by atoms with Crippen molar-refractivity contribution in [3.63, 3.8) is 0 Å². The number of amides is 1. The molecule has 23 heavy (non-hydrogen) atoms. The summed E-state index contributed by atoms with van der Waals surface area (Å²) in [4.78, 5) is 30.4. The van der Waals surface area contributed by atoms with Crippen LogP contribution in [0.5, 0.6) is 5.75 Å². The molecule has 1 saturated carbocycles. The SMILES string of the molecule is CC(C)C(=O)N(Oc1ccc(Cl)cc1)C1(C(=O)O)CCCCC1. The molecule has 1 aliphatic rings. The molecular formula is C17H22ClNO4. The second-order valence-corrected chi connectivity index (χ2v) is 6.67. The second-order valence-electron chi connectivity index (χ2n) is 6.23. The molecule has 2 rings (SSSR count). The van der Waals surface area contributed by atoms with Gasteiger partial charge in [-0.15, -0.1) is 0 Å². The van der Waals surface area contributed by atoms with Crippen LogP contribution in [0.1, 0.15) is 46.0 Å². The van der Waals surface area contributed by atoms with E-state index >= 15 is 0 Å². The Hall–Kier alpha value is -1.75. The Kier molecular flexibility index (Phi) is 5.52. The molecule has 0 spiro atoms. The number of hydrogen-bond acceptors (Lipinski definition) is 3. The molecular weight excluding hydrogens is 318 g/mol. The summed E-state index contributed by atoms with van der Waals surface area (Å²) in [5, 5.41) is 11.4. The average Bonchev–Trinajstić information content (AvgIpc) is 2.54. The van der Waals surface area contributed by atoms with Crippen molar-refractivity contribution in [2.24, 2.45) is 5.92 Å². The number of hydrogen-bond donors (Lipinski definition) is 1. The Morgan fingerprint density at radius 3 is 2.22 bits per heavy atom. The largest absolute Gasteiger partial charge is 0.479 e. The summed E-state index contributed by atoms with van der Waals surface area (Å²) >= 11 is 5.86. The number of hydroxylamine groups is 2. The van der Waals surface area contributed by atoms with E-state index in [2.05, 4.69) is 0 Å². The van der Waals surface area contributed by atoms with Crippen molar-refractivity contribution in [1.82, 2.24) is 5.06 Å². The average molecular weight is 340 g/mol. The normalized spacial score (nSPS) is 16.9. The predicted molar refractivity (Wildman–Crippen MR) is 87.2 cm³/mol. The van der Waals surface area contributed by atoms with Crippen LogP contribution >= 0.6 is 11.6 Å². The number of halogens is 1. The summed E-state index contributed by atoms with van der Waals surface area (Å²) in [6.45, 7) is 3.47. The van der Waals surface area contributed by atoms with Gasteiger partial charge in [-0.2, -0.15) is 5.06 Å². The van der Waals surface area contributed by atoms with Crippen molar-refractivity contribution >= 4 is 23.5 Å². The monoisotopic (exact) mass is 339 g/mol. The fraction of sp³-hybridized carbons (Fsp3) is 0.529. The van der Waals surface area contributed by atoms with Gasteiger partial charge < -0.3 is 9.94 Å². The van der Waals surface area contributed by atoms with Crippen LogP contribution in [0.25, 0.3) is 0 Å². The number of carboxylic acid groups (broad SMARTS) is 1. The van der Waals surface area contributed by atoms with E-state index in [0.717, 1.165) is 24.3 Å². The Balaban J connectivity index is 2.37. The number of benzene rings is 1. The molecule has 0 radical (unpaired) electrons. The summed E-state index contributed by atoms with van der Waals surface area (Å²) in [5.41, 5.74) is -1.31. The molecule has 0 saturated heterocycles. The molecule has 0 bridgehead atoms. The fourth-order valence-electron chi connectivity index (χ4n) is 2.82. The first-order valence-electron chi connectivity index (χ1n) is 7.88. The topological polar surface area (TPSA) is 66.8 Å². The van der Waals surface area contributed by atoms with Gasteiger partial charge in [-0.25, -0.2) is 4.79 Å². The van der Waals surface area contributed by atoms with Crippen LogP contribution in [-0.4, -0.2) is 27.6 Å². The number of nitrogens with zero attached hydrogens (tertiary/aromatic N) is 1. The van der Waals surface area contributed by atoms with Crippen molar-refractivity contribution in [3.05, 3.63) is 29.3 Å². The van der Waals surface area contributed by atoms with Crippen LogP contribution in [0.3, 0.4) is 0 Å². The van der Waals surface area contributed by atoms with Gasteiger partial charge in [0.1, 0.15) is 0 Å². The molecule has 126 valence electrons. The molecule has 1 amide bonds. The van der Waals surface area contributed by atoms with E-state index in [4.69, 9.17) is 16.4 Å². The zero-order chi connectivity index (χ0) is 17.0. The molecule has 0 atom stereocenters. The molecule has 1 aliphatic carbocycles. The zero-order valence-corrected chi connectivity index (χ0v) is 14.2. The maximum atomic E-state index is 12.6. The highest BCUT2D eigenvalue weighted by Crippen LogP contribution is 2.36. The first-order chi connectivity index (χ1) is 10.9. The van der Waals surface area contributed by atoms with Gasteiger partial charge in [0.15, 0.2) is 11.3 Å². The number of carboxylic acids is 1. The molecule has 5 nitrogen and oxygen atoms in total. The van der Waals surface area contributed by atoms with Crippen LogP contribution < -0.4 is 4.84 Å².